The van der Waals surface area contributed by atoms with Crippen molar-refractivity contribution in [1.82, 2.24) is 10.3 Å². The zero-order valence-electron chi connectivity index (χ0n) is 9.45. The molecule has 3 nitrogen and oxygen atoms in total. The van der Waals surface area contributed by atoms with E-state index in [-0.39, 0.29) is 0 Å². The molecule has 0 aromatic carbocycles. The van der Waals surface area contributed by atoms with Crippen LogP contribution in [0.5, 0.6) is 0 Å². The van der Waals surface area contributed by atoms with Gasteiger partial charge in [0.05, 0.1) is 18.4 Å². The van der Waals surface area contributed by atoms with E-state index >= 15 is 0 Å². The number of hydrogen-bond donors (Lipinski definition) is 1. The van der Waals surface area contributed by atoms with Gasteiger partial charge in [-0.1, -0.05) is 6.92 Å². The van der Waals surface area contributed by atoms with Gasteiger partial charge in [-0.15, -0.1) is 0 Å². The van der Waals surface area contributed by atoms with Crippen LogP contribution in [0, 0.1) is 5.92 Å². The van der Waals surface area contributed by atoms with Crippen molar-refractivity contribution in [3.63, 3.8) is 0 Å². The zero-order chi connectivity index (χ0) is 11.4. The summed E-state index contributed by atoms with van der Waals surface area (Å²) in [7, 11) is 0. The Kier molecular flexibility index (Phi) is 4.32. The number of nitrogens with zero attached hydrogens (tertiary/aromatic N) is 1. The van der Waals surface area contributed by atoms with E-state index in [1.165, 1.54) is 6.42 Å². The standard InChI is InChI=1S/C12H17BrN2O/c1-9-4-5-14-7-12(9)16-8-11-3-2-10(13)6-15-11/h2-3,6,9,12,14H,4-5,7-8H2,1H3. The molecule has 2 rings (SSSR count). The molecular weight excluding hydrogens is 268 g/mol. The molecule has 2 heterocycles. The van der Waals surface area contributed by atoms with Crippen LogP contribution in [-0.2, 0) is 11.3 Å². The minimum atomic E-state index is 0.319. The Hall–Kier alpha value is -0.450. The van der Waals surface area contributed by atoms with Crippen LogP contribution in [0.15, 0.2) is 22.8 Å². The van der Waals surface area contributed by atoms with Crippen molar-refractivity contribution >= 4 is 15.9 Å². The summed E-state index contributed by atoms with van der Waals surface area (Å²) < 4.78 is 6.88. The molecular formula is C12H17BrN2O. The van der Waals surface area contributed by atoms with Crippen LogP contribution in [0.25, 0.3) is 0 Å². The van der Waals surface area contributed by atoms with Gasteiger partial charge in [0.25, 0.3) is 0 Å². The topological polar surface area (TPSA) is 34.1 Å². The summed E-state index contributed by atoms with van der Waals surface area (Å²) in [6, 6.07) is 3.99. The van der Waals surface area contributed by atoms with Crippen molar-refractivity contribution in [3.05, 3.63) is 28.5 Å². The van der Waals surface area contributed by atoms with E-state index in [9.17, 15) is 0 Å². The molecule has 1 aliphatic rings. The Morgan fingerprint density at radius 2 is 2.44 bits per heavy atom. The molecule has 1 N–H and O–H groups in total. The van der Waals surface area contributed by atoms with Gasteiger partial charge in [0.1, 0.15) is 0 Å². The first-order valence-corrected chi connectivity index (χ1v) is 6.48. The van der Waals surface area contributed by atoms with Gasteiger partial charge in [-0.2, -0.15) is 0 Å². The van der Waals surface area contributed by atoms with E-state index in [0.717, 1.165) is 23.3 Å². The van der Waals surface area contributed by atoms with E-state index in [4.69, 9.17) is 4.74 Å². The number of piperidine rings is 1. The fraction of sp³-hybridized carbons (Fsp3) is 0.583. The maximum absolute atomic E-state index is 5.88. The van der Waals surface area contributed by atoms with E-state index < -0.39 is 0 Å². The van der Waals surface area contributed by atoms with Crippen molar-refractivity contribution in [2.24, 2.45) is 5.92 Å². The van der Waals surface area contributed by atoms with Gasteiger partial charge in [0.15, 0.2) is 0 Å². The lowest BCUT2D eigenvalue weighted by molar-refractivity contribution is -0.00796. The van der Waals surface area contributed by atoms with E-state index in [1.807, 2.05) is 12.1 Å². The highest BCUT2D eigenvalue weighted by Crippen LogP contribution is 2.16. The average molecular weight is 285 g/mol. The smallest absolute Gasteiger partial charge is 0.0892 e. The van der Waals surface area contributed by atoms with Crippen molar-refractivity contribution in [2.75, 3.05) is 13.1 Å². The summed E-state index contributed by atoms with van der Waals surface area (Å²) in [6.07, 6.45) is 3.32. The van der Waals surface area contributed by atoms with Crippen molar-refractivity contribution in [2.45, 2.75) is 26.1 Å². The van der Waals surface area contributed by atoms with Crippen LogP contribution in [0.1, 0.15) is 19.0 Å². The highest BCUT2D eigenvalue weighted by molar-refractivity contribution is 9.10. The Balaban J connectivity index is 1.84. The molecule has 1 aromatic heterocycles. The molecule has 0 spiro atoms. The lowest BCUT2D eigenvalue weighted by Crippen LogP contribution is -2.40. The first kappa shape index (κ1) is 12.0. The first-order valence-electron chi connectivity index (χ1n) is 5.68. The average Bonchev–Trinajstić information content (AvgIpc) is 2.30. The first-order chi connectivity index (χ1) is 7.75. The minimum absolute atomic E-state index is 0.319. The number of rotatable bonds is 3. The monoisotopic (exact) mass is 284 g/mol. The molecule has 1 aliphatic heterocycles. The summed E-state index contributed by atoms with van der Waals surface area (Å²) >= 11 is 3.37. The SMILES string of the molecule is CC1CCNCC1OCc1ccc(Br)cn1. The highest BCUT2D eigenvalue weighted by Gasteiger charge is 2.21. The van der Waals surface area contributed by atoms with Gasteiger partial charge in [0, 0.05) is 17.2 Å². The summed E-state index contributed by atoms with van der Waals surface area (Å²) in [5.41, 5.74) is 0.987. The van der Waals surface area contributed by atoms with E-state index in [0.29, 0.717) is 18.6 Å². The quantitative estimate of drug-likeness (QED) is 0.925. The lowest BCUT2D eigenvalue weighted by atomic mass is 9.97. The molecule has 0 saturated carbocycles. The van der Waals surface area contributed by atoms with E-state index in [1.54, 1.807) is 6.20 Å². The molecule has 0 aliphatic carbocycles. The molecule has 0 radical (unpaired) electrons. The second-order valence-electron chi connectivity index (χ2n) is 4.29. The van der Waals surface area contributed by atoms with Gasteiger partial charge in [-0.3, -0.25) is 4.98 Å². The Bertz CT molecular complexity index is 328. The number of halogens is 1. The van der Waals surface area contributed by atoms with Crippen LogP contribution in [0.4, 0.5) is 0 Å². The van der Waals surface area contributed by atoms with Crippen molar-refractivity contribution in [3.8, 4) is 0 Å². The Labute approximate surface area is 105 Å². The predicted molar refractivity (Wildman–Crippen MR) is 67.2 cm³/mol. The molecule has 1 saturated heterocycles. The van der Waals surface area contributed by atoms with Gasteiger partial charge in [0.2, 0.25) is 0 Å². The van der Waals surface area contributed by atoms with Gasteiger partial charge < -0.3 is 10.1 Å². The maximum atomic E-state index is 5.88. The van der Waals surface area contributed by atoms with Crippen molar-refractivity contribution in [1.29, 1.82) is 0 Å². The van der Waals surface area contributed by atoms with Crippen LogP contribution >= 0.6 is 15.9 Å². The normalized spacial score (nSPS) is 25.6. The summed E-state index contributed by atoms with van der Waals surface area (Å²) in [5, 5.41) is 3.36. The molecule has 0 amide bonds. The van der Waals surface area contributed by atoms with Crippen LogP contribution < -0.4 is 5.32 Å². The van der Waals surface area contributed by atoms with E-state index in [2.05, 4.69) is 33.2 Å². The number of ether oxygens (including phenoxy) is 1. The number of pyridine rings is 1. The maximum Gasteiger partial charge on any atom is 0.0892 e. The van der Waals surface area contributed by atoms with Gasteiger partial charge in [-0.05, 0) is 46.9 Å². The summed E-state index contributed by atoms with van der Waals surface area (Å²) in [4.78, 5) is 4.30. The number of aromatic nitrogens is 1. The molecule has 88 valence electrons. The third kappa shape index (κ3) is 3.27. The molecule has 16 heavy (non-hydrogen) atoms. The molecule has 2 unspecified atom stereocenters. The fourth-order valence-electron chi connectivity index (χ4n) is 1.87. The zero-order valence-corrected chi connectivity index (χ0v) is 11.0. The third-order valence-corrected chi connectivity index (χ3v) is 3.46. The molecule has 2 atom stereocenters. The Morgan fingerprint density at radius 1 is 1.56 bits per heavy atom. The molecule has 4 heteroatoms. The molecule has 1 aromatic rings. The second-order valence-corrected chi connectivity index (χ2v) is 5.20. The van der Waals surface area contributed by atoms with Crippen LogP contribution in [-0.4, -0.2) is 24.2 Å². The van der Waals surface area contributed by atoms with Crippen molar-refractivity contribution < 1.29 is 4.74 Å². The Morgan fingerprint density at radius 3 is 3.12 bits per heavy atom. The predicted octanol–water partition coefficient (Wildman–Crippen LogP) is 2.36. The number of hydrogen-bond acceptors (Lipinski definition) is 3. The summed E-state index contributed by atoms with van der Waals surface area (Å²) in [5.74, 6) is 0.636. The lowest BCUT2D eigenvalue weighted by Gasteiger charge is -2.29. The number of nitrogens with one attached hydrogen (secondary N) is 1. The third-order valence-electron chi connectivity index (χ3n) is 2.99. The van der Waals surface area contributed by atoms with Crippen LogP contribution in [0.3, 0.4) is 0 Å². The second kappa shape index (κ2) is 5.75. The van der Waals surface area contributed by atoms with Gasteiger partial charge in [-0.25, -0.2) is 0 Å². The summed E-state index contributed by atoms with van der Waals surface area (Å²) in [6.45, 7) is 4.92. The fourth-order valence-corrected chi connectivity index (χ4v) is 2.10. The highest BCUT2D eigenvalue weighted by atomic mass is 79.9. The molecule has 0 bridgehead atoms. The molecule has 1 fully saturated rings. The largest absolute Gasteiger partial charge is 0.370 e. The van der Waals surface area contributed by atoms with Crippen LogP contribution in [0.2, 0.25) is 0 Å². The van der Waals surface area contributed by atoms with Gasteiger partial charge >= 0.3 is 0 Å². The minimum Gasteiger partial charge on any atom is -0.370 e.